The van der Waals surface area contributed by atoms with Gasteiger partial charge in [0, 0.05) is 24.2 Å². The minimum absolute atomic E-state index is 0.0383. The number of likely N-dealkylation sites (N-methyl/N-ethyl adjacent to an activating group) is 1. The second kappa shape index (κ2) is 5.99. The molecule has 114 valence electrons. The monoisotopic (exact) mass is 319 g/mol. The van der Waals surface area contributed by atoms with E-state index >= 15 is 0 Å². The summed E-state index contributed by atoms with van der Waals surface area (Å²) in [7, 11) is 1.43. The van der Waals surface area contributed by atoms with Gasteiger partial charge in [0.1, 0.15) is 11.3 Å². The minimum atomic E-state index is -4.53. The number of anilines is 1. The number of rotatable bonds is 4. The Morgan fingerprint density at radius 1 is 1.24 bits per heavy atom. The van der Waals surface area contributed by atoms with E-state index in [-0.39, 0.29) is 24.8 Å². The van der Waals surface area contributed by atoms with Gasteiger partial charge in [-0.1, -0.05) is 11.6 Å². The number of aliphatic hydroxyl groups excluding tert-OH is 1. The summed E-state index contributed by atoms with van der Waals surface area (Å²) in [6, 6.07) is 7.26. The predicted molar refractivity (Wildman–Crippen MR) is 74.5 cm³/mol. The fourth-order valence-corrected chi connectivity index (χ4v) is 2.00. The van der Waals surface area contributed by atoms with Gasteiger partial charge in [0.2, 0.25) is 5.88 Å². The van der Waals surface area contributed by atoms with Crippen LogP contribution in [0.3, 0.4) is 0 Å². The molecule has 0 unspecified atom stereocenters. The van der Waals surface area contributed by atoms with Gasteiger partial charge in [-0.05, 0) is 30.3 Å². The summed E-state index contributed by atoms with van der Waals surface area (Å²) in [5.41, 5.74) is -0.378. The van der Waals surface area contributed by atoms with Gasteiger partial charge < -0.3 is 14.4 Å². The molecule has 0 spiro atoms. The molecule has 0 amide bonds. The van der Waals surface area contributed by atoms with Gasteiger partial charge >= 0.3 is 6.18 Å². The van der Waals surface area contributed by atoms with Crippen molar-refractivity contribution in [2.24, 2.45) is 0 Å². The maximum atomic E-state index is 13.1. The summed E-state index contributed by atoms with van der Waals surface area (Å²) in [6.07, 6.45) is -4.53. The number of furan rings is 1. The van der Waals surface area contributed by atoms with Crippen LogP contribution in [0.1, 0.15) is 5.56 Å². The fraction of sp³-hybridized carbons (Fsp3) is 0.286. The molecule has 0 aliphatic carbocycles. The predicted octanol–water partition coefficient (Wildman–Crippen LogP) is 4.05. The summed E-state index contributed by atoms with van der Waals surface area (Å²) in [6.45, 7) is -0.235. The minimum Gasteiger partial charge on any atom is -0.440 e. The number of halogens is 4. The lowest BCUT2D eigenvalue weighted by atomic mass is 10.1. The number of hydrogen-bond acceptors (Lipinski definition) is 3. The van der Waals surface area contributed by atoms with Crippen molar-refractivity contribution in [2.75, 3.05) is 25.1 Å². The molecule has 1 aromatic carbocycles. The van der Waals surface area contributed by atoms with Crippen LogP contribution < -0.4 is 4.90 Å². The first-order chi connectivity index (χ1) is 9.82. The Bertz CT molecular complexity index is 608. The van der Waals surface area contributed by atoms with Crippen molar-refractivity contribution in [3.05, 3.63) is 40.9 Å². The molecule has 0 saturated carbocycles. The summed E-state index contributed by atoms with van der Waals surface area (Å²) < 4.78 is 44.5. The fourth-order valence-electron chi connectivity index (χ4n) is 1.88. The van der Waals surface area contributed by atoms with Crippen molar-refractivity contribution >= 4 is 17.5 Å². The highest BCUT2D eigenvalue weighted by Gasteiger charge is 2.38. The van der Waals surface area contributed by atoms with E-state index in [1.807, 2.05) is 0 Å². The molecule has 0 atom stereocenters. The molecular formula is C14H13ClF3NO2. The number of aliphatic hydroxyl groups is 1. The van der Waals surface area contributed by atoms with Crippen LogP contribution in [0.5, 0.6) is 0 Å². The second-order valence-corrected chi connectivity index (χ2v) is 4.92. The summed E-state index contributed by atoms with van der Waals surface area (Å²) >= 11 is 5.75. The van der Waals surface area contributed by atoms with Crippen molar-refractivity contribution in [3.63, 3.8) is 0 Å². The van der Waals surface area contributed by atoms with Gasteiger partial charge in [-0.15, -0.1) is 0 Å². The highest BCUT2D eigenvalue weighted by Crippen LogP contribution is 2.41. The highest BCUT2D eigenvalue weighted by molar-refractivity contribution is 6.30. The Morgan fingerprint density at radius 2 is 1.86 bits per heavy atom. The van der Waals surface area contributed by atoms with Gasteiger partial charge in [0.05, 0.1) is 6.61 Å². The Balaban J connectivity index is 2.47. The largest absolute Gasteiger partial charge is 0.440 e. The molecule has 1 aromatic heterocycles. The van der Waals surface area contributed by atoms with E-state index in [0.29, 0.717) is 10.6 Å². The lowest BCUT2D eigenvalue weighted by Gasteiger charge is -2.17. The van der Waals surface area contributed by atoms with Gasteiger partial charge in [-0.2, -0.15) is 13.2 Å². The van der Waals surface area contributed by atoms with Crippen LogP contribution in [-0.4, -0.2) is 25.3 Å². The molecule has 1 N–H and O–H groups in total. The zero-order valence-electron chi connectivity index (χ0n) is 11.1. The van der Waals surface area contributed by atoms with Crippen LogP contribution in [0.2, 0.25) is 5.02 Å². The Hall–Kier alpha value is -1.66. The van der Waals surface area contributed by atoms with E-state index in [1.165, 1.54) is 11.9 Å². The second-order valence-electron chi connectivity index (χ2n) is 4.48. The zero-order valence-corrected chi connectivity index (χ0v) is 11.9. The third kappa shape index (κ3) is 3.51. The van der Waals surface area contributed by atoms with E-state index in [9.17, 15) is 13.2 Å². The molecule has 7 heteroatoms. The van der Waals surface area contributed by atoms with Crippen LogP contribution in [0.4, 0.5) is 19.1 Å². The molecule has 1 heterocycles. The molecule has 0 aliphatic heterocycles. The Morgan fingerprint density at radius 3 is 2.38 bits per heavy atom. The molecule has 3 nitrogen and oxygen atoms in total. The number of hydrogen-bond donors (Lipinski definition) is 1. The molecule has 2 rings (SSSR count). The maximum Gasteiger partial charge on any atom is 0.421 e. The molecule has 0 aliphatic rings. The van der Waals surface area contributed by atoms with E-state index in [2.05, 4.69) is 0 Å². The van der Waals surface area contributed by atoms with Crippen LogP contribution in [-0.2, 0) is 6.18 Å². The normalized spacial score (nSPS) is 11.7. The smallest absolute Gasteiger partial charge is 0.421 e. The first kappa shape index (κ1) is 15.7. The van der Waals surface area contributed by atoms with Crippen molar-refractivity contribution < 1.29 is 22.7 Å². The van der Waals surface area contributed by atoms with E-state index in [1.54, 1.807) is 24.3 Å². The Labute approximate surface area is 124 Å². The molecule has 21 heavy (non-hydrogen) atoms. The molecule has 0 saturated heterocycles. The van der Waals surface area contributed by atoms with Gasteiger partial charge in [0.15, 0.2) is 0 Å². The SMILES string of the molecule is CN(CCO)c1oc(-c2ccc(Cl)cc2)cc1C(F)(F)F. The van der Waals surface area contributed by atoms with E-state index in [4.69, 9.17) is 21.1 Å². The zero-order chi connectivity index (χ0) is 15.6. The number of nitrogens with zero attached hydrogens (tertiary/aromatic N) is 1. The van der Waals surface area contributed by atoms with E-state index < -0.39 is 11.7 Å². The molecule has 0 radical (unpaired) electrons. The van der Waals surface area contributed by atoms with E-state index in [0.717, 1.165) is 6.07 Å². The summed E-state index contributed by atoms with van der Waals surface area (Å²) in [5, 5.41) is 9.35. The van der Waals surface area contributed by atoms with Crippen LogP contribution in [0.25, 0.3) is 11.3 Å². The van der Waals surface area contributed by atoms with Crippen LogP contribution >= 0.6 is 11.6 Å². The molecule has 0 bridgehead atoms. The van der Waals surface area contributed by atoms with Crippen molar-refractivity contribution in [1.82, 2.24) is 0 Å². The third-order valence-electron chi connectivity index (χ3n) is 2.93. The standard InChI is InChI=1S/C14H13ClF3NO2/c1-19(6-7-20)13-11(14(16,17)18)8-12(21-13)9-2-4-10(15)5-3-9/h2-5,8,20H,6-7H2,1H3. The average molecular weight is 320 g/mol. The van der Waals surface area contributed by atoms with Gasteiger partial charge in [-0.3, -0.25) is 0 Å². The first-order valence-electron chi connectivity index (χ1n) is 6.12. The lowest BCUT2D eigenvalue weighted by Crippen LogP contribution is -2.23. The summed E-state index contributed by atoms with van der Waals surface area (Å²) in [4.78, 5) is 1.22. The summed E-state index contributed by atoms with van der Waals surface area (Å²) in [5.74, 6) is -0.222. The number of alkyl halides is 3. The molecule has 2 aromatic rings. The van der Waals surface area contributed by atoms with Gasteiger partial charge in [0.25, 0.3) is 0 Å². The molecule has 0 fully saturated rings. The Kier molecular flexibility index (Phi) is 4.49. The van der Waals surface area contributed by atoms with Gasteiger partial charge in [-0.25, -0.2) is 0 Å². The number of benzene rings is 1. The van der Waals surface area contributed by atoms with Crippen LogP contribution in [0.15, 0.2) is 34.7 Å². The molecular weight excluding hydrogens is 307 g/mol. The first-order valence-corrected chi connectivity index (χ1v) is 6.49. The van der Waals surface area contributed by atoms with Crippen LogP contribution in [0, 0.1) is 0 Å². The third-order valence-corrected chi connectivity index (χ3v) is 3.18. The van der Waals surface area contributed by atoms with Crippen molar-refractivity contribution in [2.45, 2.75) is 6.18 Å². The maximum absolute atomic E-state index is 13.1. The van der Waals surface area contributed by atoms with Crippen molar-refractivity contribution in [1.29, 1.82) is 0 Å². The highest BCUT2D eigenvalue weighted by atomic mass is 35.5. The van der Waals surface area contributed by atoms with Crippen molar-refractivity contribution in [3.8, 4) is 11.3 Å². The topological polar surface area (TPSA) is 36.6 Å². The lowest BCUT2D eigenvalue weighted by molar-refractivity contribution is -0.137. The average Bonchev–Trinajstić information content (AvgIpc) is 2.85. The quantitative estimate of drug-likeness (QED) is 0.923.